The molecule has 1 aliphatic rings. The van der Waals surface area contributed by atoms with E-state index < -0.39 is 33.2 Å². The maximum absolute atomic E-state index is 13.6. The van der Waals surface area contributed by atoms with Crippen LogP contribution in [0.25, 0.3) is 22.6 Å². The van der Waals surface area contributed by atoms with Crippen molar-refractivity contribution in [1.29, 1.82) is 0 Å². The molecule has 0 aliphatic heterocycles. The smallest absolute Gasteiger partial charge is 0.321 e. The fraction of sp³-hybridized carbons (Fsp3) is 0.429. The van der Waals surface area contributed by atoms with E-state index in [2.05, 4.69) is 14.7 Å². The van der Waals surface area contributed by atoms with Crippen LogP contribution in [0.1, 0.15) is 42.7 Å². The minimum Gasteiger partial charge on any atom is -0.321 e. The van der Waals surface area contributed by atoms with E-state index >= 15 is 0 Å². The van der Waals surface area contributed by atoms with Crippen LogP contribution in [-0.2, 0) is 29.6 Å². The van der Waals surface area contributed by atoms with E-state index in [9.17, 15) is 31.2 Å². The summed E-state index contributed by atoms with van der Waals surface area (Å²) in [5, 5.41) is 0.332. The zero-order valence-corrected chi connectivity index (χ0v) is 20.6. The van der Waals surface area contributed by atoms with E-state index in [0.29, 0.717) is 9.82 Å². The Kier molecular flexibility index (Phi) is 6.47. The van der Waals surface area contributed by atoms with E-state index in [4.69, 9.17) is 0 Å². The van der Waals surface area contributed by atoms with Crippen molar-refractivity contribution in [3.8, 4) is 11.5 Å². The number of imidazole rings is 1. The van der Waals surface area contributed by atoms with E-state index in [1.165, 1.54) is 49.7 Å². The Labute approximate surface area is 202 Å². The van der Waals surface area contributed by atoms with Gasteiger partial charge in [-0.25, -0.2) is 13.4 Å². The first kappa shape index (κ1) is 25.2. The number of carbonyl (C=O) groups excluding carboxylic acids is 1. The standard InChI is InChI=1S/C21H22F3N5O4S2/c1-4-29-15(21(22,23)24)9-13-17(20(29)31)28(3)18(26-13)16-14(35(32,33)5-2)8-11(10-25-16)19(30)27-34-12-6-7-12/h8-10,12H,4-7H2,1-3H3,(H,27,30). The van der Waals surface area contributed by atoms with Crippen molar-refractivity contribution in [1.82, 2.24) is 23.8 Å². The molecule has 4 rings (SSSR count). The molecule has 3 heterocycles. The summed E-state index contributed by atoms with van der Waals surface area (Å²) in [4.78, 5) is 33.5. The second-order valence-electron chi connectivity index (χ2n) is 8.03. The van der Waals surface area contributed by atoms with Gasteiger partial charge in [0.25, 0.3) is 11.5 Å². The summed E-state index contributed by atoms with van der Waals surface area (Å²) in [6.45, 7) is 2.61. The zero-order chi connectivity index (χ0) is 25.7. The summed E-state index contributed by atoms with van der Waals surface area (Å²) in [6.07, 6.45) is -1.64. The number of hydrogen-bond acceptors (Lipinski definition) is 7. The molecule has 0 radical (unpaired) electrons. The molecular weight excluding hydrogens is 507 g/mol. The second-order valence-corrected chi connectivity index (χ2v) is 11.4. The van der Waals surface area contributed by atoms with E-state index in [-0.39, 0.29) is 45.3 Å². The topological polar surface area (TPSA) is 116 Å². The van der Waals surface area contributed by atoms with Gasteiger partial charge >= 0.3 is 6.18 Å². The second kappa shape index (κ2) is 8.97. The van der Waals surface area contributed by atoms with E-state index in [1.54, 1.807) is 0 Å². The van der Waals surface area contributed by atoms with Crippen molar-refractivity contribution in [2.45, 2.75) is 49.6 Å². The molecular formula is C21H22F3N5O4S2. The zero-order valence-electron chi connectivity index (χ0n) is 19.0. The van der Waals surface area contributed by atoms with Crippen molar-refractivity contribution in [2.24, 2.45) is 7.05 Å². The number of hydrogen-bond donors (Lipinski definition) is 1. The third kappa shape index (κ3) is 4.68. The first-order chi connectivity index (χ1) is 16.4. The highest BCUT2D eigenvalue weighted by Crippen LogP contribution is 2.34. The lowest BCUT2D eigenvalue weighted by Gasteiger charge is -2.14. The van der Waals surface area contributed by atoms with Gasteiger partial charge in [-0.2, -0.15) is 13.2 Å². The molecule has 0 saturated heterocycles. The van der Waals surface area contributed by atoms with Gasteiger partial charge in [-0.15, -0.1) is 0 Å². The highest BCUT2D eigenvalue weighted by Gasteiger charge is 2.36. The minimum absolute atomic E-state index is 0.0142. The van der Waals surface area contributed by atoms with Crippen LogP contribution in [0.4, 0.5) is 13.2 Å². The number of alkyl halides is 3. The van der Waals surface area contributed by atoms with Gasteiger partial charge in [0.1, 0.15) is 16.9 Å². The molecule has 0 unspecified atom stereocenters. The van der Waals surface area contributed by atoms with Gasteiger partial charge in [-0.1, -0.05) is 6.92 Å². The predicted molar refractivity (Wildman–Crippen MR) is 125 cm³/mol. The molecule has 1 saturated carbocycles. The predicted octanol–water partition coefficient (Wildman–Crippen LogP) is 3.17. The van der Waals surface area contributed by atoms with Crippen molar-refractivity contribution >= 4 is 38.7 Å². The molecule has 14 heteroatoms. The Morgan fingerprint density at radius 3 is 2.51 bits per heavy atom. The lowest BCUT2D eigenvalue weighted by molar-refractivity contribution is -0.144. The van der Waals surface area contributed by atoms with Gasteiger partial charge in [0, 0.05) is 25.0 Å². The molecule has 0 bridgehead atoms. The largest absolute Gasteiger partial charge is 0.431 e. The summed E-state index contributed by atoms with van der Waals surface area (Å²) in [5.74, 6) is -0.932. The summed E-state index contributed by atoms with van der Waals surface area (Å²) in [7, 11) is -2.53. The van der Waals surface area contributed by atoms with Crippen LogP contribution in [-0.4, -0.2) is 44.4 Å². The molecule has 1 aliphatic carbocycles. The summed E-state index contributed by atoms with van der Waals surface area (Å²) < 4.78 is 70.9. The Balaban J connectivity index is 1.91. The third-order valence-electron chi connectivity index (χ3n) is 5.63. The van der Waals surface area contributed by atoms with Crippen molar-refractivity contribution in [2.75, 3.05) is 5.75 Å². The number of carbonyl (C=O) groups is 1. The van der Waals surface area contributed by atoms with Crippen LogP contribution >= 0.6 is 11.9 Å². The average molecular weight is 530 g/mol. The van der Waals surface area contributed by atoms with Crippen LogP contribution in [0.2, 0.25) is 0 Å². The minimum atomic E-state index is -4.79. The van der Waals surface area contributed by atoms with Gasteiger partial charge in [-0.3, -0.25) is 19.3 Å². The van der Waals surface area contributed by atoms with Crippen molar-refractivity contribution in [3.05, 3.63) is 39.9 Å². The molecule has 188 valence electrons. The Hall–Kier alpha value is -2.87. The van der Waals surface area contributed by atoms with Gasteiger partial charge in [0.05, 0.1) is 21.7 Å². The molecule has 0 spiro atoms. The molecule has 0 aromatic carbocycles. The maximum atomic E-state index is 13.6. The van der Waals surface area contributed by atoms with Crippen molar-refractivity contribution in [3.63, 3.8) is 0 Å². The SMILES string of the molecule is CCn1c(C(F)(F)F)cc2nc(-c3ncc(C(=O)NSC4CC4)cc3S(=O)(=O)CC)n(C)c2c1=O. The molecule has 3 aromatic heterocycles. The lowest BCUT2D eigenvalue weighted by Crippen LogP contribution is -2.28. The number of halogens is 3. The first-order valence-electron chi connectivity index (χ1n) is 10.8. The molecule has 35 heavy (non-hydrogen) atoms. The van der Waals surface area contributed by atoms with Crippen LogP contribution in [0.5, 0.6) is 0 Å². The number of nitrogens with one attached hydrogen (secondary N) is 1. The number of amides is 1. The Bertz CT molecular complexity index is 1490. The number of aryl methyl sites for hydroxylation is 1. The third-order valence-corrected chi connectivity index (χ3v) is 8.47. The number of rotatable bonds is 7. The number of nitrogens with zero attached hydrogens (tertiary/aromatic N) is 4. The maximum Gasteiger partial charge on any atom is 0.431 e. The number of fused-ring (bicyclic) bond motifs is 1. The molecule has 1 N–H and O–H groups in total. The Morgan fingerprint density at radius 1 is 1.26 bits per heavy atom. The Morgan fingerprint density at radius 2 is 1.94 bits per heavy atom. The monoisotopic (exact) mass is 529 g/mol. The van der Waals surface area contributed by atoms with Crippen LogP contribution in [0.3, 0.4) is 0 Å². The quantitative estimate of drug-likeness (QED) is 0.468. The summed E-state index contributed by atoms with van der Waals surface area (Å²) in [6, 6.07) is 1.93. The van der Waals surface area contributed by atoms with Gasteiger partial charge in [0.2, 0.25) is 0 Å². The van der Waals surface area contributed by atoms with E-state index in [1.807, 2.05) is 0 Å². The van der Waals surface area contributed by atoms with Crippen molar-refractivity contribution < 1.29 is 26.4 Å². The highest BCUT2D eigenvalue weighted by atomic mass is 32.2. The summed E-state index contributed by atoms with van der Waals surface area (Å²) >= 11 is 1.26. The molecule has 0 atom stereocenters. The molecule has 3 aromatic rings. The molecule has 1 fully saturated rings. The van der Waals surface area contributed by atoms with E-state index in [0.717, 1.165) is 18.9 Å². The van der Waals surface area contributed by atoms with Crippen LogP contribution in [0.15, 0.2) is 28.0 Å². The molecule has 9 nitrogen and oxygen atoms in total. The number of aromatic nitrogens is 4. The fourth-order valence-corrected chi connectivity index (χ4v) is 5.41. The average Bonchev–Trinajstić information content (AvgIpc) is 3.58. The molecule has 1 amide bonds. The fourth-order valence-electron chi connectivity index (χ4n) is 3.59. The number of pyridine rings is 2. The lowest BCUT2D eigenvalue weighted by atomic mass is 10.2. The van der Waals surface area contributed by atoms with Gasteiger partial charge < -0.3 is 9.13 Å². The summed E-state index contributed by atoms with van der Waals surface area (Å²) in [5.41, 5.74) is -2.58. The number of sulfone groups is 1. The van der Waals surface area contributed by atoms with Gasteiger partial charge in [-0.05, 0) is 43.8 Å². The van der Waals surface area contributed by atoms with Gasteiger partial charge in [0.15, 0.2) is 15.7 Å². The highest BCUT2D eigenvalue weighted by molar-refractivity contribution is 7.98. The van der Waals surface area contributed by atoms with Crippen LogP contribution in [0, 0.1) is 0 Å². The first-order valence-corrected chi connectivity index (χ1v) is 13.3. The van der Waals surface area contributed by atoms with Crippen LogP contribution < -0.4 is 10.3 Å². The normalized spacial score (nSPS) is 14.5.